The second-order valence-electron chi connectivity index (χ2n) is 6.48. The van der Waals surface area contributed by atoms with Gasteiger partial charge in [0.2, 0.25) is 0 Å². The lowest BCUT2D eigenvalue weighted by atomic mass is 10.1. The zero-order valence-corrected chi connectivity index (χ0v) is 16.2. The Balaban J connectivity index is 1.99. The Hall–Kier alpha value is -2.41. The highest BCUT2D eigenvalue weighted by Gasteiger charge is 2.10. The van der Waals surface area contributed by atoms with Crippen molar-refractivity contribution in [3.8, 4) is 0 Å². The SMILES string of the molecule is CCCCNC(=NCc1nnc(C)n1C)NCC(O)c1cccc(C)c1. The molecule has 1 aromatic carbocycles. The smallest absolute Gasteiger partial charge is 0.191 e. The number of benzene rings is 1. The van der Waals surface area contributed by atoms with E-state index >= 15 is 0 Å². The number of hydrogen-bond donors (Lipinski definition) is 3. The van der Waals surface area contributed by atoms with E-state index in [1.165, 1.54) is 0 Å². The minimum atomic E-state index is -0.592. The van der Waals surface area contributed by atoms with Crippen molar-refractivity contribution in [1.82, 2.24) is 25.4 Å². The van der Waals surface area contributed by atoms with Gasteiger partial charge in [0.15, 0.2) is 11.8 Å². The lowest BCUT2D eigenvalue weighted by Crippen LogP contribution is -2.40. The first-order valence-electron chi connectivity index (χ1n) is 9.13. The first-order chi connectivity index (χ1) is 12.5. The maximum Gasteiger partial charge on any atom is 0.191 e. The van der Waals surface area contributed by atoms with Crippen molar-refractivity contribution in [2.24, 2.45) is 12.0 Å². The average molecular weight is 358 g/mol. The molecule has 26 heavy (non-hydrogen) atoms. The molecule has 2 aromatic rings. The number of nitrogens with one attached hydrogen (secondary N) is 2. The van der Waals surface area contributed by atoms with Crippen LogP contribution in [0.15, 0.2) is 29.3 Å². The van der Waals surface area contributed by atoms with E-state index in [-0.39, 0.29) is 0 Å². The molecular formula is C19H30N6O. The number of aliphatic hydroxyl groups excluding tert-OH is 1. The minimum absolute atomic E-state index is 0.388. The molecule has 0 aliphatic carbocycles. The number of guanidine groups is 1. The molecule has 0 spiro atoms. The highest BCUT2D eigenvalue weighted by atomic mass is 16.3. The van der Waals surface area contributed by atoms with Gasteiger partial charge in [0.1, 0.15) is 12.4 Å². The minimum Gasteiger partial charge on any atom is -0.387 e. The lowest BCUT2D eigenvalue weighted by Gasteiger charge is -2.16. The van der Waals surface area contributed by atoms with Gasteiger partial charge in [-0.2, -0.15) is 0 Å². The van der Waals surface area contributed by atoms with Gasteiger partial charge in [-0.3, -0.25) is 0 Å². The van der Waals surface area contributed by atoms with E-state index in [2.05, 4.69) is 32.7 Å². The van der Waals surface area contributed by atoms with Crippen LogP contribution < -0.4 is 10.6 Å². The normalized spacial score (nSPS) is 12.9. The van der Waals surface area contributed by atoms with Gasteiger partial charge in [-0.25, -0.2) is 4.99 Å². The third-order valence-corrected chi connectivity index (χ3v) is 4.27. The van der Waals surface area contributed by atoms with Crippen LogP contribution in [-0.2, 0) is 13.6 Å². The first-order valence-corrected chi connectivity index (χ1v) is 9.13. The van der Waals surface area contributed by atoms with Crippen LogP contribution in [0.4, 0.5) is 0 Å². The summed E-state index contributed by atoms with van der Waals surface area (Å²) in [7, 11) is 1.93. The van der Waals surface area contributed by atoms with E-state index in [0.29, 0.717) is 19.0 Å². The first kappa shape index (κ1) is 19.9. The van der Waals surface area contributed by atoms with E-state index in [9.17, 15) is 5.11 Å². The van der Waals surface area contributed by atoms with E-state index in [0.717, 1.165) is 42.2 Å². The number of aromatic nitrogens is 3. The molecule has 1 heterocycles. The Bertz CT molecular complexity index is 725. The predicted molar refractivity (Wildman–Crippen MR) is 104 cm³/mol. The van der Waals surface area contributed by atoms with Gasteiger partial charge in [-0.15, -0.1) is 10.2 Å². The molecule has 0 fully saturated rings. The largest absolute Gasteiger partial charge is 0.387 e. The lowest BCUT2D eigenvalue weighted by molar-refractivity contribution is 0.180. The molecule has 3 N–H and O–H groups in total. The van der Waals surface area contributed by atoms with Gasteiger partial charge in [0.25, 0.3) is 0 Å². The molecule has 0 aliphatic rings. The number of hydrogen-bond acceptors (Lipinski definition) is 4. The van der Waals surface area contributed by atoms with Crippen molar-refractivity contribution in [3.05, 3.63) is 47.0 Å². The van der Waals surface area contributed by atoms with Crippen molar-refractivity contribution in [2.75, 3.05) is 13.1 Å². The standard InChI is InChI=1S/C19H30N6O/c1-5-6-10-20-19(22-13-18-24-23-15(3)25(18)4)21-12-17(26)16-9-7-8-14(2)11-16/h7-9,11,17,26H,5-6,10,12-13H2,1-4H3,(H2,20,21,22). The number of unbranched alkanes of at least 4 members (excludes halogenated alkanes) is 1. The van der Waals surface area contributed by atoms with Crippen molar-refractivity contribution in [3.63, 3.8) is 0 Å². The van der Waals surface area contributed by atoms with Crippen LogP contribution >= 0.6 is 0 Å². The van der Waals surface area contributed by atoms with Crippen LogP contribution in [0.1, 0.15) is 48.6 Å². The van der Waals surface area contributed by atoms with E-state index in [1.54, 1.807) is 0 Å². The summed E-state index contributed by atoms with van der Waals surface area (Å²) in [6.07, 6.45) is 1.57. The number of aryl methyl sites for hydroxylation is 2. The molecular weight excluding hydrogens is 328 g/mol. The predicted octanol–water partition coefficient (Wildman–Crippen LogP) is 2.00. The summed E-state index contributed by atoms with van der Waals surface area (Å²) in [5, 5.41) is 25.1. The summed E-state index contributed by atoms with van der Waals surface area (Å²) in [5.41, 5.74) is 2.03. The molecule has 0 aliphatic heterocycles. The van der Waals surface area contributed by atoms with Crippen LogP contribution in [0.5, 0.6) is 0 Å². The maximum absolute atomic E-state index is 10.4. The Labute approximate surface area is 155 Å². The van der Waals surface area contributed by atoms with Crippen LogP contribution in [0.3, 0.4) is 0 Å². The monoisotopic (exact) mass is 358 g/mol. The highest BCUT2D eigenvalue weighted by Crippen LogP contribution is 2.13. The summed E-state index contributed by atoms with van der Waals surface area (Å²) in [6, 6.07) is 7.91. The topological polar surface area (TPSA) is 87.4 Å². The van der Waals surface area contributed by atoms with E-state index in [1.807, 2.05) is 49.7 Å². The van der Waals surface area contributed by atoms with Crippen LogP contribution in [0, 0.1) is 13.8 Å². The molecule has 0 amide bonds. The van der Waals surface area contributed by atoms with E-state index < -0.39 is 6.10 Å². The van der Waals surface area contributed by atoms with Crippen molar-refractivity contribution < 1.29 is 5.11 Å². The number of aliphatic hydroxyl groups is 1. The second-order valence-corrected chi connectivity index (χ2v) is 6.48. The zero-order valence-electron chi connectivity index (χ0n) is 16.2. The Morgan fingerprint density at radius 1 is 1.27 bits per heavy atom. The molecule has 0 radical (unpaired) electrons. The molecule has 2 rings (SSSR count). The van der Waals surface area contributed by atoms with Crippen molar-refractivity contribution in [2.45, 2.75) is 46.3 Å². The van der Waals surface area contributed by atoms with Gasteiger partial charge in [-0.1, -0.05) is 43.2 Å². The summed E-state index contributed by atoms with van der Waals surface area (Å²) in [6.45, 7) is 7.73. The quantitative estimate of drug-likeness (QED) is 0.382. The number of nitrogens with zero attached hydrogens (tertiary/aromatic N) is 4. The van der Waals surface area contributed by atoms with Crippen LogP contribution in [0.2, 0.25) is 0 Å². The number of aliphatic imine (C=N–C) groups is 1. The van der Waals surface area contributed by atoms with Crippen LogP contribution in [-0.4, -0.2) is 38.9 Å². The summed E-state index contributed by atoms with van der Waals surface area (Å²) in [5.74, 6) is 2.34. The fourth-order valence-corrected chi connectivity index (χ4v) is 2.48. The summed E-state index contributed by atoms with van der Waals surface area (Å²) >= 11 is 0. The molecule has 1 aromatic heterocycles. The van der Waals surface area contributed by atoms with Crippen LogP contribution in [0.25, 0.3) is 0 Å². The van der Waals surface area contributed by atoms with Crippen molar-refractivity contribution >= 4 is 5.96 Å². The van der Waals surface area contributed by atoms with E-state index in [4.69, 9.17) is 0 Å². The summed E-state index contributed by atoms with van der Waals surface area (Å²) in [4.78, 5) is 4.58. The second kappa shape index (κ2) is 9.91. The fraction of sp³-hybridized carbons (Fsp3) is 0.526. The molecule has 142 valence electrons. The maximum atomic E-state index is 10.4. The molecule has 1 atom stereocenters. The Morgan fingerprint density at radius 2 is 2.08 bits per heavy atom. The molecule has 1 unspecified atom stereocenters. The van der Waals surface area contributed by atoms with Gasteiger partial charge >= 0.3 is 0 Å². The fourth-order valence-electron chi connectivity index (χ4n) is 2.48. The Kier molecular flexibility index (Phi) is 7.59. The molecule has 0 saturated heterocycles. The molecule has 0 saturated carbocycles. The molecule has 7 nitrogen and oxygen atoms in total. The third-order valence-electron chi connectivity index (χ3n) is 4.27. The van der Waals surface area contributed by atoms with Crippen molar-refractivity contribution in [1.29, 1.82) is 0 Å². The van der Waals surface area contributed by atoms with Gasteiger partial charge in [-0.05, 0) is 25.8 Å². The molecule has 7 heteroatoms. The average Bonchev–Trinajstić information content (AvgIpc) is 2.95. The number of rotatable bonds is 8. The van der Waals surface area contributed by atoms with Gasteiger partial charge in [0, 0.05) is 20.1 Å². The van der Waals surface area contributed by atoms with Gasteiger partial charge in [0.05, 0.1) is 6.10 Å². The summed E-state index contributed by atoms with van der Waals surface area (Å²) < 4.78 is 1.93. The molecule has 0 bridgehead atoms. The highest BCUT2D eigenvalue weighted by molar-refractivity contribution is 5.79. The van der Waals surface area contributed by atoms with Gasteiger partial charge < -0.3 is 20.3 Å². The Morgan fingerprint density at radius 3 is 2.73 bits per heavy atom. The third kappa shape index (κ3) is 5.84. The zero-order chi connectivity index (χ0) is 18.9.